The first-order valence-electron chi connectivity index (χ1n) is 7.39. The maximum absolute atomic E-state index is 14.2. The molecular weight excluding hydrogens is 342 g/mol. The Bertz CT molecular complexity index is 762. The van der Waals surface area contributed by atoms with Gasteiger partial charge in [-0.1, -0.05) is 23.8 Å². The average molecular weight is 358 g/mol. The molecule has 1 aliphatic heterocycles. The van der Waals surface area contributed by atoms with Crippen molar-refractivity contribution in [2.75, 3.05) is 25.1 Å². The molecule has 0 radical (unpaired) electrons. The fraction of sp³-hybridized carbons (Fsp3) is 0.467. The van der Waals surface area contributed by atoms with Crippen LogP contribution in [0.15, 0.2) is 10.6 Å². The standard InChI is InChI=1S/C15H16F2N2O4S/c1-7(24-8(2)20)6-18-14-10-5-9(15-21-3-4-22-15)11(16)12(17)13(10)23-19-14/h5,7,15H,3-4,6H2,1-2H3,(H,18,19)/t7-/m1/s1. The van der Waals surface area contributed by atoms with Crippen LogP contribution in [0.1, 0.15) is 25.7 Å². The number of fused-ring (bicyclic) bond motifs is 1. The number of carbonyl (C=O) groups is 1. The number of hydrogen-bond acceptors (Lipinski definition) is 7. The van der Waals surface area contributed by atoms with Gasteiger partial charge in [0.25, 0.3) is 0 Å². The molecule has 0 unspecified atom stereocenters. The molecule has 2 heterocycles. The molecule has 0 amide bonds. The lowest BCUT2D eigenvalue weighted by Crippen LogP contribution is -2.15. The Hall–Kier alpha value is -1.71. The number of rotatable bonds is 5. The molecule has 6 nitrogen and oxygen atoms in total. The maximum Gasteiger partial charge on any atom is 0.207 e. The Morgan fingerprint density at radius 2 is 2.12 bits per heavy atom. The molecule has 0 spiro atoms. The zero-order valence-electron chi connectivity index (χ0n) is 13.1. The van der Waals surface area contributed by atoms with E-state index in [1.165, 1.54) is 24.8 Å². The first-order valence-corrected chi connectivity index (χ1v) is 8.27. The van der Waals surface area contributed by atoms with Gasteiger partial charge in [0.05, 0.1) is 18.6 Å². The van der Waals surface area contributed by atoms with Gasteiger partial charge in [-0.3, -0.25) is 4.79 Å². The van der Waals surface area contributed by atoms with Crippen molar-refractivity contribution in [2.24, 2.45) is 0 Å². The minimum atomic E-state index is -1.13. The fourth-order valence-corrected chi connectivity index (χ4v) is 3.17. The second kappa shape index (κ2) is 7.04. The van der Waals surface area contributed by atoms with E-state index in [0.717, 1.165) is 0 Å². The number of ether oxygens (including phenoxy) is 2. The summed E-state index contributed by atoms with van der Waals surface area (Å²) in [7, 11) is 0. The SMILES string of the molecule is CC(=O)S[C@H](C)CNc1noc2c(F)c(F)c(C3OCCO3)cc12. The van der Waals surface area contributed by atoms with Crippen molar-refractivity contribution in [3.05, 3.63) is 23.3 Å². The quantitative estimate of drug-likeness (QED) is 0.879. The second-order valence-electron chi connectivity index (χ2n) is 5.38. The van der Waals surface area contributed by atoms with E-state index in [-0.39, 0.29) is 27.3 Å². The van der Waals surface area contributed by atoms with E-state index in [2.05, 4.69) is 10.5 Å². The average Bonchev–Trinajstić information content (AvgIpc) is 3.17. The molecule has 1 N–H and O–H groups in total. The van der Waals surface area contributed by atoms with E-state index < -0.39 is 17.9 Å². The third-order valence-electron chi connectivity index (χ3n) is 3.47. The number of nitrogens with one attached hydrogen (secondary N) is 1. The Morgan fingerprint density at radius 1 is 1.42 bits per heavy atom. The number of benzene rings is 1. The summed E-state index contributed by atoms with van der Waals surface area (Å²) >= 11 is 1.18. The van der Waals surface area contributed by atoms with Gasteiger partial charge in [-0.15, -0.1) is 0 Å². The molecule has 2 aromatic rings. The molecule has 0 bridgehead atoms. The van der Waals surface area contributed by atoms with Gasteiger partial charge in [0.2, 0.25) is 11.4 Å². The Kier molecular flexibility index (Phi) is 5.02. The van der Waals surface area contributed by atoms with Gasteiger partial charge < -0.3 is 19.3 Å². The van der Waals surface area contributed by atoms with E-state index >= 15 is 0 Å². The van der Waals surface area contributed by atoms with Crippen molar-refractivity contribution in [2.45, 2.75) is 25.4 Å². The Balaban J connectivity index is 1.88. The summed E-state index contributed by atoms with van der Waals surface area (Å²) in [6.45, 7) is 4.40. The van der Waals surface area contributed by atoms with Gasteiger partial charge in [0.1, 0.15) is 0 Å². The van der Waals surface area contributed by atoms with Crippen LogP contribution in [0.25, 0.3) is 11.0 Å². The summed E-state index contributed by atoms with van der Waals surface area (Å²) < 4.78 is 43.8. The van der Waals surface area contributed by atoms with Crippen molar-refractivity contribution in [1.82, 2.24) is 5.16 Å². The highest BCUT2D eigenvalue weighted by molar-refractivity contribution is 8.14. The summed E-state index contributed by atoms with van der Waals surface area (Å²) in [6.07, 6.45) is -0.946. The Morgan fingerprint density at radius 3 is 2.79 bits per heavy atom. The van der Waals surface area contributed by atoms with Gasteiger partial charge >= 0.3 is 0 Å². The molecule has 0 aliphatic carbocycles. The lowest BCUT2D eigenvalue weighted by molar-refractivity contribution is -0.109. The minimum Gasteiger partial charge on any atom is -0.366 e. The van der Waals surface area contributed by atoms with Crippen LogP contribution in [0.5, 0.6) is 0 Å². The number of thioether (sulfide) groups is 1. The molecule has 1 aliphatic rings. The monoisotopic (exact) mass is 358 g/mol. The normalized spacial score (nSPS) is 16.7. The zero-order chi connectivity index (χ0) is 17.3. The van der Waals surface area contributed by atoms with Crippen LogP contribution in [-0.4, -0.2) is 35.3 Å². The van der Waals surface area contributed by atoms with Crippen LogP contribution in [0.2, 0.25) is 0 Å². The molecule has 1 fully saturated rings. The fourth-order valence-electron chi connectivity index (χ4n) is 2.44. The number of carbonyl (C=O) groups excluding carboxylic acids is 1. The van der Waals surface area contributed by atoms with Crippen LogP contribution in [0, 0.1) is 11.6 Å². The van der Waals surface area contributed by atoms with Gasteiger partial charge in [0, 0.05) is 24.3 Å². The molecule has 0 saturated carbocycles. The van der Waals surface area contributed by atoms with Crippen molar-refractivity contribution < 1.29 is 27.6 Å². The van der Waals surface area contributed by atoms with Crippen molar-refractivity contribution in [3.8, 4) is 0 Å². The molecule has 130 valence electrons. The molecular formula is C15H16F2N2O4S. The van der Waals surface area contributed by atoms with Crippen molar-refractivity contribution in [1.29, 1.82) is 0 Å². The van der Waals surface area contributed by atoms with Gasteiger partial charge in [-0.05, 0) is 6.07 Å². The number of anilines is 1. The van der Waals surface area contributed by atoms with E-state index in [4.69, 9.17) is 14.0 Å². The van der Waals surface area contributed by atoms with Crippen molar-refractivity contribution >= 4 is 33.7 Å². The molecule has 3 rings (SSSR count). The third kappa shape index (κ3) is 3.38. The summed E-state index contributed by atoms with van der Waals surface area (Å²) in [5.74, 6) is -1.93. The number of hydrogen-bond donors (Lipinski definition) is 1. The van der Waals surface area contributed by atoms with Gasteiger partial charge in [-0.25, -0.2) is 4.39 Å². The van der Waals surface area contributed by atoms with Gasteiger partial charge in [0.15, 0.2) is 23.0 Å². The number of halogens is 2. The predicted molar refractivity (Wildman–Crippen MR) is 84.8 cm³/mol. The van der Waals surface area contributed by atoms with Crippen LogP contribution in [-0.2, 0) is 14.3 Å². The highest BCUT2D eigenvalue weighted by Gasteiger charge is 2.28. The van der Waals surface area contributed by atoms with E-state index in [1.807, 2.05) is 6.92 Å². The molecule has 1 aromatic heterocycles. The summed E-state index contributed by atoms with van der Waals surface area (Å²) in [6, 6.07) is 1.41. The third-order valence-corrected chi connectivity index (χ3v) is 4.37. The molecule has 1 atom stereocenters. The van der Waals surface area contributed by atoms with E-state index in [0.29, 0.717) is 25.1 Å². The number of nitrogens with zero attached hydrogens (tertiary/aromatic N) is 1. The Labute approximate surface area is 140 Å². The van der Waals surface area contributed by atoms with E-state index in [9.17, 15) is 13.6 Å². The van der Waals surface area contributed by atoms with Crippen LogP contribution < -0.4 is 5.32 Å². The van der Waals surface area contributed by atoms with Gasteiger partial charge in [-0.2, -0.15) is 4.39 Å². The smallest absolute Gasteiger partial charge is 0.207 e. The summed E-state index contributed by atoms with van der Waals surface area (Å²) in [4.78, 5) is 11.1. The second-order valence-corrected chi connectivity index (χ2v) is 6.99. The maximum atomic E-state index is 14.2. The van der Waals surface area contributed by atoms with Crippen LogP contribution in [0.3, 0.4) is 0 Å². The predicted octanol–water partition coefficient (Wildman–Crippen LogP) is 3.23. The first-order chi connectivity index (χ1) is 11.5. The van der Waals surface area contributed by atoms with Crippen LogP contribution >= 0.6 is 11.8 Å². The molecule has 9 heteroatoms. The van der Waals surface area contributed by atoms with Crippen LogP contribution in [0.4, 0.5) is 14.6 Å². The number of aromatic nitrogens is 1. The topological polar surface area (TPSA) is 73.6 Å². The first kappa shape index (κ1) is 17.1. The minimum absolute atomic E-state index is 0.000226. The summed E-state index contributed by atoms with van der Waals surface area (Å²) in [5.41, 5.74) is -0.307. The molecule has 1 saturated heterocycles. The lowest BCUT2D eigenvalue weighted by Gasteiger charge is -2.12. The highest BCUT2D eigenvalue weighted by Crippen LogP contribution is 2.34. The van der Waals surface area contributed by atoms with E-state index in [1.54, 1.807) is 0 Å². The summed E-state index contributed by atoms with van der Waals surface area (Å²) in [5, 5.41) is 7.02. The largest absolute Gasteiger partial charge is 0.366 e. The zero-order valence-corrected chi connectivity index (χ0v) is 13.9. The van der Waals surface area contributed by atoms with Crippen molar-refractivity contribution in [3.63, 3.8) is 0 Å². The lowest BCUT2D eigenvalue weighted by atomic mass is 10.1. The molecule has 1 aromatic carbocycles. The molecule has 24 heavy (non-hydrogen) atoms. The highest BCUT2D eigenvalue weighted by atomic mass is 32.2.